The molecular weight excluding hydrogens is 101 g/mol. The first-order valence-electron chi connectivity index (χ1n) is 1.78. The minimum Gasteiger partial charge on any atom is -0.284 e. The van der Waals surface area contributed by atoms with E-state index in [-0.39, 0.29) is 6.10 Å². The van der Waals surface area contributed by atoms with Crippen LogP contribution in [0, 0.1) is 0 Å². The first kappa shape index (κ1) is 6.21. The molecule has 0 rings (SSSR count). The zero-order chi connectivity index (χ0) is 4.99. The third-order valence-electron chi connectivity index (χ3n) is 0.280. The van der Waals surface area contributed by atoms with Crippen LogP contribution in [0.3, 0.4) is 0 Å². The Morgan fingerprint density at radius 3 is 2.17 bits per heavy atom. The lowest BCUT2D eigenvalue weighted by Gasteiger charge is -1.98. The van der Waals surface area contributed by atoms with Gasteiger partial charge in [0.15, 0.2) is 0 Å². The van der Waals surface area contributed by atoms with Gasteiger partial charge in [0.2, 0.25) is 0 Å². The number of halogens is 1. The summed E-state index contributed by atoms with van der Waals surface area (Å²) in [5.74, 6) is 0. The zero-order valence-electron chi connectivity index (χ0n) is 3.86. The molecule has 0 aliphatic heterocycles. The van der Waals surface area contributed by atoms with Gasteiger partial charge in [-0.3, -0.25) is 4.84 Å². The molecule has 0 fully saturated rings. The van der Waals surface area contributed by atoms with Gasteiger partial charge in [0.05, 0.1) is 6.10 Å². The molecule has 38 valence electrons. The van der Waals surface area contributed by atoms with Crippen molar-refractivity contribution in [3.05, 3.63) is 0 Å². The van der Waals surface area contributed by atoms with E-state index in [0.717, 1.165) is 0 Å². The molecule has 0 amide bonds. The van der Waals surface area contributed by atoms with Crippen molar-refractivity contribution in [2.45, 2.75) is 20.0 Å². The summed E-state index contributed by atoms with van der Waals surface area (Å²) in [7, 11) is 0. The molecule has 0 atom stereocenters. The Balaban J connectivity index is 2.63. The highest BCUT2D eigenvalue weighted by molar-refractivity contribution is 6.12. The molecule has 0 saturated heterocycles. The van der Waals surface area contributed by atoms with Crippen molar-refractivity contribution in [1.29, 1.82) is 0 Å². The third kappa shape index (κ3) is 4.21. The molecule has 2 nitrogen and oxygen atoms in total. The fraction of sp³-hybridized carbons (Fsp3) is 1.00. The summed E-state index contributed by atoms with van der Waals surface area (Å²) in [6, 6.07) is 0. The maximum Gasteiger partial charge on any atom is 0.0749 e. The van der Waals surface area contributed by atoms with Crippen LogP contribution < -0.4 is 5.00 Å². The number of rotatable bonds is 2. The lowest BCUT2D eigenvalue weighted by Crippen LogP contribution is -2.08. The average molecular weight is 110 g/mol. The summed E-state index contributed by atoms with van der Waals surface area (Å²) < 4.78 is 0. The van der Waals surface area contributed by atoms with E-state index < -0.39 is 0 Å². The van der Waals surface area contributed by atoms with Crippen LogP contribution in [0.1, 0.15) is 13.8 Å². The molecular formula is C3H8ClNO. The topological polar surface area (TPSA) is 21.3 Å². The van der Waals surface area contributed by atoms with Crippen LogP contribution in [0.2, 0.25) is 0 Å². The van der Waals surface area contributed by atoms with Crippen LogP contribution in [-0.2, 0) is 4.84 Å². The molecule has 0 saturated carbocycles. The Bertz CT molecular complexity index is 32.0. The second kappa shape index (κ2) is 3.40. The van der Waals surface area contributed by atoms with Crippen LogP contribution >= 0.6 is 11.8 Å². The van der Waals surface area contributed by atoms with Gasteiger partial charge in [0, 0.05) is 11.8 Å². The van der Waals surface area contributed by atoms with Gasteiger partial charge in [-0.05, 0) is 13.8 Å². The van der Waals surface area contributed by atoms with E-state index in [0.29, 0.717) is 0 Å². The summed E-state index contributed by atoms with van der Waals surface area (Å²) >= 11 is 4.92. The van der Waals surface area contributed by atoms with Crippen molar-refractivity contribution in [3.8, 4) is 0 Å². The van der Waals surface area contributed by atoms with Gasteiger partial charge in [-0.15, -0.1) is 5.00 Å². The fourth-order valence-corrected chi connectivity index (χ4v) is 0.267. The molecule has 3 heteroatoms. The van der Waals surface area contributed by atoms with Gasteiger partial charge in [-0.25, -0.2) is 0 Å². The molecule has 0 aromatic carbocycles. The molecule has 0 bridgehead atoms. The predicted molar refractivity (Wildman–Crippen MR) is 25.2 cm³/mol. The first-order chi connectivity index (χ1) is 2.77. The molecule has 0 unspecified atom stereocenters. The summed E-state index contributed by atoms with van der Waals surface area (Å²) in [6.45, 7) is 3.77. The highest BCUT2D eigenvalue weighted by atomic mass is 35.5. The van der Waals surface area contributed by atoms with Crippen LogP contribution in [-0.4, -0.2) is 6.10 Å². The van der Waals surface area contributed by atoms with Gasteiger partial charge >= 0.3 is 0 Å². The Morgan fingerprint density at radius 1 is 1.67 bits per heavy atom. The molecule has 0 aromatic heterocycles. The largest absolute Gasteiger partial charge is 0.284 e. The van der Waals surface area contributed by atoms with E-state index in [1.54, 1.807) is 0 Å². The fourth-order valence-electron chi connectivity index (χ4n) is 0.0891. The maximum absolute atomic E-state index is 4.92. The molecule has 1 N–H and O–H groups in total. The van der Waals surface area contributed by atoms with E-state index in [2.05, 4.69) is 4.84 Å². The first-order valence-corrected chi connectivity index (χ1v) is 2.16. The van der Waals surface area contributed by atoms with Gasteiger partial charge in [0.25, 0.3) is 0 Å². The summed E-state index contributed by atoms with van der Waals surface area (Å²) in [5.41, 5.74) is 0. The van der Waals surface area contributed by atoms with Crippen LogP contribution in [0.5, 0.6) is 0 Å². The molecule has 0 heterocycles. The smallest absolute Gasteiger partial charge is 0.0749 e. The van der Waals surface area contributed by atoms with Crippen LogP contribution in [0.15, 0.2) is 0 Å². The van der Waals surface area contributed by atoms with Crippen molar-refractivity contribution in [2.75, 3.05) is 0 Å². The lowest BCUT2D eigenvalue weighted by atomic mass is 10.5. The molecule has 0 spiro atoms. The number of hydrogen-bond acceptors (Lipinski definition) is 2. The normalized spacial score (nSPS) is 10.0. The quantitative estimate of drug-likeness (QED) is 0.423. The molecule has 0 aromatic rings. The van der Waals surface area contributed by atoms with Crippen molar-refractivity contribution in [1.82, 2.24) is 5.00 Å². The van der Waals surface area contributed by atoms with Gasteiger partial charge < -0.3 is 0 Å². The highest BCUT2D eigenvalue weighted by Gasteiger charge is 1.85. The average Bonchev–Trinajstić information content (AvgIpc) is 1.35. The number of hydrogen-bond donors (Lipinski definition) is 1. The summed E-state index contributed by atoms with van der Waals surface area (Å²) in [6.07, 6.45) is 0.155. The molecule has 0 aliphatic carbocycles. The summed E-state index contributed by atoms with van der Waals surface area (Å²) in [5, 5.41) is 0. The summed E-state index contributed by atoms with van der Waals surface area (Å²) in [4.78, 5) is 6.60. The van der Waals surface area contributed by atoms with E-state index >= 15 is 0 Å². The van der Waals surface area contributed by atoms with E-state index in [1.807, 2.05) is 18.8 Å². The standard InChI is InChI=1S/C3H8ClNO/c1-3(2)6-5-4/h3,5H,1-2H3. The molecule has 0 aliphatic rings. The Kier molecular flexibility index (Phi) is 3.52. The van der Waals surface area contributed by atoms with Gasteiger partial charge in [0.1, 0.15) is 0 Å². The van der Waals surface area contributed by atoms with Crippen molar-refractivity contribution < 1.29 is 4.84 Å². The number of nitrogens with one attached hydrogen (secondary N) is 1. The minimum absolute atomic E-state index is 0.155. The Labute approximate surface area is 42.5 Å². The van der Waals surface area contributed by atoms with Crippen molar-refractivity contribution in [3.63, 3.8) is 0 Å². The van der Waals surface area contributed by atoms with E-state index in [9.17, 15) is 0 Å². The highest BCUT2D eigenvalue weighted by Crippen LogP contribution is 1.80. The molecule has 0 radical (unpaired) electrons. The van der Waals surface area contributed by atoms with Crippen molar-refractivity contribution >= 4 is 11.8 Å². The lowest BCUT2D eigenvalue weighted by molar-refractivity contribution is 0.0425. The van der Waals surface area contributed by atoms with Gasteiger partial charge in [-0.2, -0.15) is 0 Å². The Hall–Kier alpha value is 0.210. The molecule has 6 heavy (non-hydrogen) atoms. The van der Waals surface area contributed by atoms with Gasteiger partial charge in [-0.1, -0.05) is 0 Å². The monoisotopic (exact) mass is 109 g/mol. The van der Waals surface area contributed by atoms with E-state index in [4.69, 9.17) is 11.8 Å². The van der Waals surface area contributed by atoms with E-state index in [1.165, 1.54) is 0 Å². The zero-order valence-corrected chi connectivity index (χ0v) is 4.62. The van der Waals surface area contributed by atoms with Crippen LogP contribution in [0.25, 0.3) is 0 Å². The SMILES string of the molecule is CC(C)ONCl. The second-order valence-electron chi connectivity index (χ2n) is 1.24. The predicted octanol–water partition coefficient (Wildman–Crippen LogP) is 1.07. The third-order valence-corrected chi connectivity index (χ3v) is 0.369. The van der Waals surface area contributed by atoms with Crippen molar-refractivity contribution in [2.24, 2.45) is 0 Å². The maximum atomic E-state index is 4.92. The second-order valence-corrected chi connectivity index (χ2v) is 1.40. The Morgan fingerprint density at radius 2 is 2.17 bits per heavy atom. The minimum atomic E-state index is 0.155. The van der Waals surface area contributed by atoms with Crippen LogP contribution in [0.4, 0.5) is 0 Å².